The molecule has 5 nitrogen and oxygen atoms in total. The summed E-state index contributed by atoms with van der Waals surface area (Å²) in [7, 11) is 0. The number of carbonyl (C=O) groups is 2. The highest BCUT2D eigenvalue weighted by Crippen LogP contribution is 2.19. The van der Waals surface area contributed by atoms with Crippen LogP contribution in [0, 0.1) is 5.41 Å². The minimum absolute atomic E-state index is 0.0258. The number of hydrogen-bond donors (Lipinski definition) is 3. The quantitative estimate of drug-likeness (QED) is 0.675. The zero-order valence-electron chi connectivity index (χ0n) is 11.3. The molecule has 0 spiro atoms. The Bertz CT molecular complexity index is 293. The van der Waals surface area contributed by atoms with Crippen molar-refractivity contribution >= 4 is 11.9 Å². The molecule has 1 atom stereocenters. The first-order valence-corrected chi connectivity index (χ1v) is 5.75. The van der Waals surface area contributed by atoms with E-state index in [1.54, 1.807) is 13.8 Å². The van der Waals surface area contributed by atoms with E-state index < -0.39 is 17.6 Å². The minimum Gasteiger partial charge on any atom is -0.481 e. The molecular formula is C12H24N2O3. The summed E-state index contributed by atoms with van der Waals surface area (Å²) in [5.41, 5.74) is 4.96. The lowest BCUT2D eigenvalue weighted by atomic mass is 9.86. The highest BCUT2D eigenvalue weighted by atomic mass is 16.4. The summed E-state index contributed by atoms with van der Waals surface area (Å²) < 4.78 is 0. The maximum absolute atomic E-state index is 11.9. The maximum atomic E-state index is 11.9. The summed E-state index contributed by atoms with van der Waals surface area (Å²) in [5.74, 6) is -1.11. The highest BCUT2D eigenvalue weighted by molar-refractivity contribution is 5.83. The van der Waals surface area contributed by atoms with E-state index in [4.69, 9.17) is 10.8 Å². The van der Waals surface area contributed by atoms with Crippen LogP contribution in [-0.2, 0) is 9.59 Å². The molecule has 0 unspecified atom stereocenters. The van der Waals surface area contributed by atoms with Crippen LogP contribution in [0.15, 0.2) is 0 Å². The Morgan fingerprint density at radius 2 is 1.71 bits per heavy atom. The van der Waals surface area contributed by atoms with Crippen LogP contribution in [-0.4, -0.2) is 28.6 Å². The standard InChI is InChI=1S/C12H24N2O3/c1-11(2,3)9(13)10(17)14-12(4,5)7-6-8(15)16/h9H,6-7,13H2,1-5H3,(H,14,17)(H,15,16)/t9-/m0/s1. The first-order valence-electron chi connectivity index (χ1n) is 5.75. The van der Waals surface area contributed by atoms with Crippen molar-refractivity contribution in [2.45, 2.75) is 59.0 Å². The fraction of sp³-hybridized carbons (Fsp3) is 0.833. The van der Waals surface area contributed by atoms with E-state index in [0.717, 1.165) is 0 Å². The lowest BCUT2D eigenvalue weighted by Crippen LogP contribution is -2.54. The van der Waals surface area contributed by atoms with Gasteiger partial charge in [-0.2, -0.15) is 0 Å². The van der Waals surface area contributed by atoms with Gasteiger partial charge in [0, 0.05) is 12.0 Å². The molecule has 100 valence electrons. The Morgan fingerprint density at radius 3 is 2.06 bits per heavy atom. The Balaban J connectivity index is 4.41. The van der Waals surface area contributed by atoms with Gasteiger partial charge in [-0.3, -0.25) is 9.59 Å². The Morgan fingerprint density at radius 1 is 1.24 bits per heavy atom. The predicted octanol–water partition coefficient (Wildman–Crippen LogP) is 1.12. The van der Waals surface area contributed by atoms with Crippen LogP contribution in [0.1, 0.15) is 47.5 Å². The summed E-state index contributed by atoms with van der Waals surface area (Å²) in [6, 6.07) is -0.605. The average molecular weight is 244 g/mol. The second-order valence-electron chi connectivity index (χ2n) is 6.11. The van der Waals surface area contributed by atoms with Crippen molar-refractivity contribution in [2.75, 3.05) is 0 Å². The van der Waals surface area contributed by atoms with Gasteiger partial charge < -0.3 is 16.2 Å². The molecule has 0 aliphatic carbocycles. The van der Waals surface area contributed by atoms with Gasteiger partial charge in [0.05, 0.1) is 6.04 Å². The van der Waals surface area contributed by atoms with E-state index in [1.165, 1.54) is 0 Å². The van der Waals surface area contributed by atoms with Crippen molar-refractivity contribution in [3.63, 3.8) is 0 Å². The van der Waals surface area contributed by atoms with Crippen LogP contribution in [0.4, 0.5) is 0 Å². The van der Waals surface area contributed by atoms with Crippen molar-refractivity contribution in [2.24, 2.45) is 11.1 Å². The molecule has 1 amide bonds. The molecule has 0 heterocycles. The van der Waals surface area contributed by atoms with E-state index in [1.807, 2.05) is 20.8 Å². The summed E-state index contributed by atoms with van der Waals surface area (Å²) in [5, 5.41) is 11.4. The molecule has 0 aromatic rings. The summed E-state index contributed by atoms with van der Waals surface area (Å²) in [6.45, 7) is 9.26. The number of carboxylic acid groups (broad SMARTS) is 1. The van der Waals surface area contributed by atoms with Gasteiger partial charge in [0.1, 0.15) is 0 Å². The minimum atomic E-state index is -0.868. The van der Waals surface area contributed by atoms with E-state index in [2.05, 4.69) is 5.32 Å². The molecule has 0 fully saturated rings. The van der Waals surface area contributed by atoms with Crippen molar-refractivity contribution in [3.8, 4) is 0 Å². The molecule has 0 saturated carbocycles. The summed E-state index contributed by atoms with van der Waals surface area (Å²) >= 11 is 0. The topological polar surface area (TPSA) is 92.4 Å². The third-order valence-electron chi connectivity index (χ3n) is 2.64. The van der Waals surface area contributed by atoms with Crippen molar-refractivity contribution < 1.29 is 14.7 Å². The van der Waals surface area contributed by atoms with E-state index in [9.17, 15) is 9.59 Å². The summed E-state index contributed by atoms with van der Waals surface area (Å²) in [4.78, 5) is 22.4. The lowest BCUT2D eigenvalue weighted by Gasteiger charge is -2.31. The Labute approximate surface area is 103 Å². The molecule has 0 aromatic heterocycles. The van der Waals surface area contributed by atoms with Crippen molar-refractivity contribution in [1.82, 2.24) is 5.32 Å². The van der Waals surface area contributed by atoms with Gasteiger partial charge in [-0.15, -0.1) is 0 Å². The molecule has 4 N–H and O–H groups in total. The molecule has 0 aliphatic rings. The van der Waals surface area contributed by atoms with Gasteiger partial charge in [-0.25, -0.2) is 0 Å². The largest absolute Gasteiger partial charge is 0.481 e. The van der Waals surface area contributed by atoms with Crippen LogP contribution in [0.5, 0.6) is 0 Å². The lowest BCUT2D eigenvalue weighted by molar-refractivity contribution is -0.138. The molecule has 0 aliphatic heterocycles. The zero-order chi connectivity index (χ0) is 13.9. The monoisotopic (exact) mass is 244 g/mol. The number of rotatable bonds is 5. The van der Waals surface area contributed by atoms with Gasteiger partial charge in [-0.1, -0.05) is 20.8 Å². The second kappa shape index (κ2) is 5.49. The van der Waals surface area contributed by atoms with Gasteiger partial charge >= 0.3 is 5.97 Å². The van der Waals surface area contributed by atoms with E-state index in [-0.39, 0.29) is 17.7 Å². The molecule has 5 heteroatoms. The normalized spacial score (nSPS) is 14.2. The number of hydrogen-bond acceptors (Lipinski definition) is 3. The van der Waals surface area contributed by atoms with Gasteiger partial charge in [-0.05, 0) is 25.7 Å². The van der Waals surface area contributed by atoms with Crippen LogP contribution in [0.2, 0.25) is 0 Å². The Kier molecular flexibility index (Phi) is 5.13. The average Bonchev–Trinajstić information content (AvgIpc) is 2.11. The predicted molar refractivity (Wildman–Crippen MR) is 66.5 cm³/mol. The molecular weight excluding hydrogens is 220 g/mol. The van der Waals surface area contributed by atoms with Crippen molar-refractivity contribution in [1.29, 1.82) is 0 Å². The third-order valence-corrected chi connectivity index (χ3v) is 2.64. The summed E-state index contributed by atoms with van der Waals surface area (Å²) in [6.07, 6.45) is 0.406. The molecule has 0 rings (SSSR count). The molecule has 0 aromatic carbocycles. The van der Waals surface area contributed by atoms with Gasteiger partial charge in [0.25, 0.3) is 0 Å². The molecule has 0 bridgehead atoms. The van der Waals surface area contributed by atoms with Crippen LogP contribution in [0.3, 0.4) is 0 Å². The number of nitrogens with two attached hydrogens (primary N) is 1. The van der Waals surface area contributed by atoms with Crippen molar-refractivity contribution in [3.05, 3.63) is 0 Å². The molecule has 0 radical (unpaired) electrons. The maximum Gasteiger partial charge on any atom is 0.303 e. The number of aliphatic carboxylic acids is 1. The molecule has 17 heavy (non-hydrogen) atoms. The first kappa shape index (κ1) is 15.9. The smallest absolute Gasteiger partial charge is 0.303 e. The van der Waals surface area contributed by atoms with Gasteiger partial charge in [0.15, 0.2) is 0 Å². The SMILES string of the molecule is CC(C)(CCC(=O)O)NC(=O)[C@H](N)C(C)(C)C. The van der Waals surface area contributed by atoms with E-state index >= 15 is 0 Å². The zero-order valence-corrected chi connectivity index (χ0v) is 11.3. The first-order chi connectivity index (χ1) is 7.46. The van der Waals surface area contributed by atoms with Crippen LogP contribution in [0.25, 0.3) is 0 Å². The molecule has 0 saturated heterocycles. The number of amides is 1. The van der Waals surface area contributed by atoms with Crippen LogP contribution >= 0.6 is 0 Å². The van der Waals surface area contributed by atoms with Gasteiger partial charge in [0.2, 0.25) is 5.91 Å². The van der Waals surface area contributed by atoms with Crippen LogP contribution < -0.4 is 11.1 Å². The second-order valence-corrected chi connectivity index (χ2v) is 6.11. The highest BCUT2D eigenvalue weighted by Gasteiger charge is 2.31. The third kappa shape index (κ3) is 6.26. The Hall–Kier alpha value is -1.10. The fourth-order valence-corrected chi connectivity index (χ4v) is 1.29. The fourth-order valence-electron chi connectivity index (χ4n) is 1.29. The number of carboxylic acids is 1. The number of carbonyl (C=O) groups excluding carboxylic acids is 1. The number of nitrogens with one attached hydrogen (secondary N) is 1. The van der Waals surface area contributed by atoms with E-state index in [0.29, 0.717) is 6.42 Å².